The first-order valence-corrected chi connectivity index (χ1v) is 5.22. The van der Waals surface area contributed by atoms with E-state index in [9.17, 15) is 0 Å². The normalized spacial score (nSPS) is 15.9. The maximum absolute atomic E-state index is 7.83. The van der Waals surface area contributed by atoms with Gasteiger partial charge in [-0.05, 0) is 37.1 Å². The fourth-order valence-corrected chi connectivity index (χ4v) is 2.00. The van der Waals surface area contributed by atoms with Gasteiger partial charge in [0.15, 0.2) is 0 Å². The first-order valence-electron chi connectivity index (χ1n) is 5.22. The van der Waals surface area contributed by atoms with E-state index in [1.54, 1.807) is 7.11 Å². The topological polar surface area (TPSA) is 36.3 Å². The first-order chi connectivity index (χ1) is 7.22. The average molecular weight is 204 g/mol. The van der Waals surface area contributed by atoms with E-state index in [2.05, 4.69) is 11.8 Å². The van der Waals surface area contributed by atoms with Gasteiger partial charge in [0, 0.05) is 18.7 Å². The van der Waals surface area contributed by atoms with Crippen LogP contribution in [0.5, 0.6) is 5.75 Å². The van der Waals surface area contributed by atoms with Crippen molar-refractivity contribution in [3.05, 3.63) is 23.8 Å². The Kier molecular flexibility index (Phi) is 2.62. The number of amidine groups is 1. The van der Waals surface area contributed by atoms with E-state index in [4.69, 9.17) is 10.1 Å². The highest BCUT2D eigenvalue weighted by molar-refractivity contribution is 5.98. The van der Waals surface area contributed by atoms with Crippen LogP contribution in [0.15, 0.2) is 18.2 Å². The highest BCUT2D eigenvalue weighted by atomic mass is 16.5. The number of ether oxygens (including phenoxy) is 1. The van der Waals surface area contributed by atoms with Crippen molar-refractivity contribution in [3.8, 4) is 5.75 Å². The predicted molar refractivity (Wildman–Crippen MR) is 62.0 cm³/mol. The molecule has 80 valence electrons. The van der Waals surface area contributed by atoms with Crippen LogP contribution in [-0.2, 0) is 0 Å². The Hall–Kier alpha value is -1.51. The van der Waals surface area contributed by atoms with Crippen LogP contribution in [0.1, 0.15) is 18.4 Å². The van der Waals surface area contributed by atoms with Crippen LogP contribution in [0, 0.1) is 12.3 Å². The molecule has 0 unspecified atom stereocenters. The molecule has 1 heterocycles. The number of benzene rings is 1. The third kappa shape index (κ3) is 1.82. The fraction of sp³-hybridized carbons (Fsp3) is 0.417. The molecule has 1 aromatic carbocycles. The lowest BCUT2D eigenvalue weighted by atomic mass is 10.1. The summed E-state index contributed by atoms with van der Waals surface area (Å²) in [5.41, 5.74) is 2.30. The van der Waals surface area contributed by atoms with Gasteiger partial charge in [-0.3, -0.25) is 5.41 Å². The van der Waals surface area contributed by atoms with Crippen molar-refractivity contribution in [1.29, 1.82) is 5.41 Å². The standard InChI is InChI=1S/C12H16N2O/c1-9-8-10(15-2)5-6-11(9)14-7-3-4-12(14)13/h5-6,8,13H,3-4,7H2,1-2H3. The van der Waals surface area contributed by atoms with Crippen LogP contribution in [-0.4, -0.2) is 19.5 Å². The van der Waals surface area contributed by atoms with Crippen molar-refractivity contribution in [3.63, 3.8) is 0 Å². The Balaban J connectivity index is 2.32. The predicted octanol–water partition coefficient (Wildman–Crippen LogP) is 2.58. The van der Waals surface area contributed by atoms with E-state index in [0.717, 1.165) is 36.7 Å². The van der Waals surface area contributed by atoms with Gasteiger partial charge >= 0.3 is 0 Å². The number of aryl methyl sites for hydroxylation is 1. The van der Waals surface area contributed by atoms with Crippen molar-refractivity contribution < 1.29 is 4.74 Å². The number of hydrogen-bond donors (Lipinski definition) is 1. The molecule has 3 heteroatoms. The van der Waals surface area contributed by atoms with Crippen molar-refractivity contribution in [2.45, 2.75) is 19.8 Å². The Bertz CT molecular complexity index is 387. The second kappa shape index (κ2) is 3.93. The monoisotopic (exact) mass is 204 g/mol. The summed E-state index contributed by atoms with van der Waals surface area (Å²) in [7, 11) is 1.67. The van der Waals surface area contributed by atoms with E-state index in [-0.39, 0.29) is 0 Å². The summed E-state index contributed by atoms with van der Waals surface area (Å²) >= 11 is 0. The van der Waals surface area contributed by atoms with E-state index in [1.807, 2.05) is 18.2 Å². The van der Waals surface area contributed by atoms with Gasteiger partial charge in [-0.1, -0.05) is 0 Å². The van der Waals surface area contributed by atoms with Crippen molar-refractivity contribution >= 4 is 11.5 Å². The van der Waals surface area contributed by atoms with E-state index in [1.165, 1.54) is 5.56 Å². The molecule has 0 radical (unpaired) electrons. The summed E-state index contributed by atoms with van der Waals surface area (Å²) < 4.78 is 5.17. The maximum atomic E-state index is 7.83. The molecule has 15 heavy (non-hydrogen) atoms. The molecule has 0 saturated carbocycles. The zero-order valence-electron chi connectivity index (χ0n) is 9.21. The second-order valence-electron chi connectivity index (χ2n) is 3.85. The van der Waals surface area contributed by atoms with Crippen LogP contribution in [0.2, 0.25) is 0 Å². The average Bonchev–Trinajstić information content (AvgIpc) is 2.64. The third-order valence-corrected chi connectivity index (χ3v) is 2.82. The van der Waals surface area contributed by atoms with Gasteiger partial charge in [-0.15, -0.1) is 0 Å². The highest BCUT2D eigenvalue weighted by Gasteiger charge is 2.19. The molecule has 1 aliphatic rings. The lowest BCUT2D eigenvalue weighted by molar-refractivity contribution is 0.414. The van der Waals surface area contributed by atoms with Gasteiger partial charge in [0.2, 0.25) is 0 Å². The number of nitrogens with zero attached hydrogens (tertiary/aromatic N) is 1. The van der Waals surface area contributed by atoms with Gasteiger partial charge in [0.25, 0.3) is 0 Å². The molecule has 1 N–H and O–H groups in total. The minimum absolute atomic E-state index is 0.725. The van der Waals surface area contributed by atoms with Gasteiger partial charge < -0.3 is 9.64 Å². The summed E-state index contributed by atoms with van der Waals surface area (Å²) in [6.45, 7) is 3.02. The molecule has 1 fully saturated rings. The molecule has 1 aromatic rings. The Morgan fingerprint density at radius 3 is 2.73 bits per heavy atom. The summed E-state index contributed by atoms with van der Waals surface area (Å²) in [5.74, 6) is 1.60. The number of methoxy groups -OCH3 is 1. The van der Waals surface area contributed by atoms with Crippen molar-refractivity contribution in [2.24, 2.45) is 0 Å². The van der Waals surface area contributed by atoms with E-state index in [0.29, 0.717) is 0 Å². The minimum atomic E-state index is 0.725. The largest absolute Gasteiger partial charge is 0.497 e. The van der Waals surface area contributed by atoms with E-state index >= 15 is 0 Å². The van der Waals surface area contributed by atoms with E-state index < -0.39 is 0 Å². The number of anilines is 1. The number of nitrogens with one attached hydrogen (secondary N) is 1. The lowest BCUT2D eigenvalue weighted by Crippen LogP contribution is -2.23. The molecule has 0 bridgehead atoms. The molecule has 1 aliphatic heterocycles. The van der Waals surface area contributed by atoms with Crippen LogP contribution >= 0.6 is 0 Å². The molecule has 0 amide bonds. The van der Waals surface area contributed by atoms with Crippen LogP contribution in [0.4, 0.5) is 5.69 Å². The van der Waals surface area contributed by atoms with Gasteiger partial charge in [-0.25, -0.2) is 0 Å². The van der Waals surface area contributed by atoms with Crippen LogP contribution in [0.3, 0.4) is 0 Å². The molecule has 0 aliphatic carbocycles. The summed E-state index contributed by atoms with van der Waals surface area (Å²) in [6, 6.07) is 6.00. The summed E-state index contributed by atoms with van der Waals surface area (Å²) in [6.07, 6.45) is 1.98. The maximum Gasteiger partial charge on any atom is 0.119 e. The van der Waals surface area contributed by atoms with Gasteiger partial charge in [0.1, 0.15) is 11.6 Å². The quantitative estimate of drug-likeness (QED) is 0.803. The second-order valence-corrected chi connectivity index (χ2v) is 3.85. The number of hydrogen-bond acceptors (Lipinski definition) is 2. The SMILES string of the molecule is COc1ccc(N2CCCC2=N)c(C)c1. The summed E-state index contributed by atoms with van der Waals surface area (Å²) in [5, 5.41) is 7.83. The minimum Gasteiger partial charge on any atom is -0.497 e. The molecule has 0 spiro atoms. The molecule has 0 aromatic heterocycles. The zero-order chi connectivity index (χ0) is 10.8. The molecule has 2 rings (SSSR count). The molecular formula is C12H16N2O. The first kappa shape index (κ1) is 10.0. The van der Waals surface area contributed by atoms with Crippen LogP contribution < -0.4 is 9.64 Å². The highest BCUT2D eigenvalue weighted by Crippen LogP contribution is 2.28. The molecule has 3 nitrogen and oxygen atoms in total. The number of rotatable bonds is 2. The van der Waals surface area contributed by atoms with Crippen molar-refractivity contribution in [1.82, 2.24) is 0 Å². The van der Waals surface area contributed by atoms with Gasteiger partial charge in [0.05, 0.1) is 7.11 Å². The Morgan fingerprint density at radius 1 is 1.40 bits per heavy atom. The smallest absolute Gasteiger partial charge is 0.119 e. The van der Waals surface area contributed by atoms with Crippen molar-refractivity contribution in [2.75, 3.05) is 18.6 Å². The Morgan fingerprint density at radius 2 is 2.20 bits per heavy atom. The molecule has 1 saturated heterocycles. The zero-order valence-corrected chi connectivity index (χ0v) is 9.21. The molecular weight excluding hydrogens is 188 g/mol. The van der Waals surface area contributed by atoms with Crippen LogP contribution in [0.25, 0.3) is 0 Å². The molecule has 0 atom stereocenters. The Labute approximate surface area is 90.2 Å². The fourth-order valence-electron chi connectivity index (χ4n) is 2.00. The third-order valence-electron chi connectivity index (χ3n) is 2.82. The summed E-state index contributed by atoms with van der Waals surface area (Å²) in [4.78, 5) is 2.08. The van der Waals surface area contributed by atoms with Gasteiger partial charge in [-0.2, -0.15) is 0 Å². The lowest BCUT2D eigenvalue weighted by Gasteiger charge is -2.20.